The van der Waals surface area contributed by atoms with Crippen molar-refractivity contribution in [1.29, 1.82) is 0 Å². The van der Waals surface area contributed by atoms with Gasteiger partial charge in [0.2, 0.25) is 23.6 Å². The Kier molecular flexibility index (Phi) is 26.1. The maximum atomic E-state index is 12.9. The molecule has 4 aliphatic rings. The SMILES string of the molecule is COCc1cccc(C)c1-c1cc2cc(NC(=O)[C@@H]3C[C@H]3c3cnn(C)c3)ncc2c(N)n1.COCc1cccc(C)c1-c1cc2cc(NC(=O)[C@H]3C[C@@H]3c3cnn(C)c3)ncc2c(N)n1.Cc1ccnc(Cc2ccccc2)c1-c1cc2cc(NC(=O)[C@@H]3C[C@H]3c3cnn(C)c3)ncc2c(N)n1.Cc1ccnc(Cc2ccccc2)c1-c1cc2cc(NC(=O)[C@H]3C[C@@H]3c3cnn(C)c3)ncc2c(N)n1. The van der Waals surface area contributed by atoms with E-state index in [0.717, 1.165) is 181 Å². The normalized spacial score (nSPS) is 16.9. The molecule has 18 aromatic rings. The summed E-state index contributed by atoms with van der Waals surface area (Å²) in [4.78, 5) is 97.1. The lowest BCUT2D eigenvalue weighted by atomic mass is 9.98. The molecule has 14 heterocycles. The largest absolute Gasteiger partial charge is 0.383 e. The second kappa shape index (κ2) is 39.5. The molecule has 14 aromatic heterocycles. The monoisotopic (exact) mass is 1860 g/mol. The minimum atomic E-state index is -0.0710. The third-order valence-electron chi connectivity index (χ3n) is 26.4. The number of methoxy groups -OCH3 is 2. The second-order valence-electron chi connectivity index (χ2n) is 36.6. The van der Waals surface area contributed by atoms with Crippen LogP contribution in [0.5, 0.6) is 0 Å². The molecule has 22 rings (SSSR count). The number of ether oxygens (including phenoxy) is 2. The number of nitrogen functional groups attached to an aromatic ring is 4. The zero-order valence-electron chi connectivity index (χ0n) is 79.2. The van der Waals surface area contributed by atoms with Gasteiger partial charge in [0.15, 0.2) is 0 Å². The molecule has 4 saturated carbocycles. The highest BCUT2D eigenvalue weighted by Gasteiger charge is 2.48. The quantitative estimate of drug-likeness (QED) is 0.0278. The number of aromatic nitrogens is 18. The van der Waals surface area contributed by atoms with Crippen LogP contribution in [0.4, 0.5) is 46.5 Å². The fraction of sp³-hybridized carbons (Fsp3) is 0.241. The van der Waals surface area contributed by atoms with Crippen molar-refractivity contribution in [2.75, 3.05) is 58.4 Å². The third kappa shape index (κ3) is 20.4. The van der Waals surface area contributed by atoms with Gasteiger partial charge in [0.1, 0.15) is 46.5 Å². The molecule has 0 unspecified atom stereocenters. The maximum Gasteiger partial charge on any atom is 0.229 e. The van der Waals surface area contributed by atoms with Crippen LogP contribution in [0.15, 0.2) is 244 Å². The number of benzene rings is 4. The zero-order chi connectivity index (χ0) is 97.3. The Balaban J connectivity index is 0.000000119. The van der Waals surface area contributed by atoms with Crippen LogP contribution in [0, 0.1) is 51.4 Å². The molecule has 4 fully saturated rings. The van der Waals surface area contributed by atoms with Crippen molar-refractivity contribution in [2.45, 2.75) is 103 Å². The first-order valence-electron chi connectivity index (χ1n) is 46.4. The van der Waals surface area contributed by atoms with Crippen LogP contribution in [0.3, 0.4) is 0 Å². The maximum absolute atomic E-state index is 12.9. The van der Waals surface area contributed by atoms with Crippen molar-refractivity contribution in [3.05, 3.63) is 323 Å². The van der Waals surface area contributed by atoms with E-state index >= 15 is 0 Å². The van der Waals surface area contributed by atoms with Crippen LogP contribution in [0.25, 0.3) is 88.1 Å². The number of carbonyl (C=O) groups excluding carboxylic acids is 4. The number of carbonyl (C=O) groups is 4. The number of hydrogen-bond acceptors (Lipinski definition) is 24. The van der Waals surface area contributed by atoms with E-state index in [1.54, 1.807) is 57.7 Å². The molecule has 0 spiro atoms. The summed E-state index contributed by atoms with van der Waals surface area (Å²) in [7, 11) is 10.9. The molecule has 0 saturated heterocycles. The van der Waals surface area contributed by atoms with Gasteiger partial charge in [-0.2, -0.15) is 20.4 Å². The van der Waals surface area contributed by atoms with Gasteiger partial charge in [0.25, 0.3) is 0 Å². The Morgan fingerprint density at radius 2 is 0.607 bits per heavy atom. The molecule has 0 radical (unpaired) electrons. The number of rotatable bonds is 24. The fourth-order valence-electron chi connectivity index (χ4n) is 18.8. The lowest BCUT2D eigenvalue weighted by molar-refractivity contribution is -0.118. The van der Waals surface area contributed by atoms with Crippen LogP contribution < -0.4 is 44.2 Å². The van der Waals surface area contributed by atoms with Gasteiger partial charge in [-0.3, -0.25) is 47.9 Å². The van der Waals surface area contributed by atoms with Crippen molar-refractivity contribution in [1.82, 2.24) is 89.0 Å². The van der Waals surface area contributed by atoms with Crippen molar-refractivity contribution < 1.29 is 28.7 Å². The van der Waals surface area contributed by atoms with Crippen LogP contribution in [-0.2, 0) is 82.9 Å². The van der Waals surface area contributed by atoms with Crippen LogP contribution in [0.2, 0.25) is 0 Å². The van der Waals surface area contributed by atoms with Crippen molar-refractivity contribution in [3.8, 4) is 45.0 Å². The third-order valence-corrected chi connectivity index (χ3v) is 26.4. The summed E-state index contributed by atoms with van der Waals surface area (Å²) in [6.45, 7) is 9.16. The Labute approximate surface area is 807 Å². The predicted octanol–water partition coefficient (Wildman–Crippen LogP) is 16.9. The van der Waals surface area contributed by atoms with Crippen molar-refractivity contribution >= 4 is 113 Å². The summed E-state index contributed by atoms with van der Waals surface area (Å²) in [5.74, 6) is 4.05. The summed E-state index contributed by atoms with van der Waals surface area (Å²) in [5.41, 5.74) is 47.3. The number of nitrogens with one attached hydrogen (secondary N) is 4. The average molecular weight is 1860 g/mol. The van der Waals surface area contributed by atoms with Gasteiger partial charge >= 0.3 is 0 Å². The summed E-state index contributed by atoms with van der Waals surface area (Å²) >= 11 is 0. The van der Waals surface area contributed by atoms with Crippen LogP contribution in [0.1, 0.15) is 128 Å². The highest BCUT2D eigenvalue weighted by Crippen LogP contribution is 2.52. The lowest BCUT2D eigenvalue weighted by Gasteiger charge is -2.14. The topological polar surface area (TPSA) is 439 Å². The summed E-state index contributed by atoms with van der Waals surface area (Å²) in [6, 6.07) is 52.0. The zero-order valence-corrected chi connectivity index (χ0v) is 79.2. The number of nitrogens with zero attached hydrogens (tertiary/aromatic N) is 18. The minimum absolute atomic E-state index is 0.0285. The molecule has 4 aliphatic carbocycles. The van der Waals surface area contributed by atoms with E-state index in [-0.39, 0.29) is 71.0 Å². The fourth-order valence-corrected chi connectivity index (χ4v) is 18.8. The number of hydrogen-bond donors (Lipinski definition) is 8. The molecule has 4 aromatic carbocycles. The van der Waals surface area contributed by atoms with Gasteiger partial charge in [-0.15, -0.1) is 0 Å². The van der Waals surface area contributed by atoms with E-state index in [1.807, 2.05) is 237 Å². The summed E-state index contributed by atoms with van der Waals surface area (Å²) < 4.78 is 17.8. The molecule has 32 nitrogen and oxygen atoms in total. The van der Waals surface area contributed by atoms with Gasteiger partial charge < -0.3 is 53.7 Å². The Bertz CT molecular complexity index is 7340. The molecule has 12 N–H and O–H groups in total. The molecule has 0 aliphatic heterocycles. The average Bonchev–Trinajstić information content (AvgIpc) is 1.66. The Hall–Kier alpha value is -16.7. The second-order valence-corrected chi connectivity index (χ2v) is 36.6. The Morgan fingerprint density at radius 3 is 0.871 bits per heavy atom. The van der Waals surface area contributed by atoms with Crippen LogP contribution in [-0.4, -0.2) is 127 Å². The predicted molar refractivity (Wildman–Crippen MR) is 543 cm³/mol. The minimum Gasteiger partial charge on any atom is -0.383 e. The van der Waals surface area contributed by atoms with E-state index in [0.29, 0.717) is 72.6 Å². The number of fused-ring (bicyclic) bond motifs is 4. The van der Waals surface area contributed by atoms with Gasteiger partial charge in [0, 0.05) is 185 Å². The van der Waals surface area contributed by atoms with Gasteiger partial charge in [-0.25, -0.2) is 39.9 Å². The standard InChI is InChI=1S/2C29H27N7O.2C25H26N6O2/c2*1-17-8-9-31-24(10-18-6-4-3-5-7-18)27(17)25-11-19-12-26(32-15-23(19)28(30)34-25)35-29(37)22-13-21(22)20-14-33-36(2)16-20;2*1-14-5-4-6-15(13-33-3)23(14)21-7-16-8-22(27-11-20(16)24(26)29-21)30-25(32)19-9-18(19)17-10-28-31(2)12-17/h2*3-9,11-12,14-16,21-22H,10,13H2,1-2H3,(H2,30,34)(H,32,35,37);2*4-8,10-12,18-19H,9,13H2,1-3H3,(H2,26,29)(H,27,30,32)/t2*21-,22+;2*18-,19+/m1010/s1. The lowest BCUT2D eigenvalue weighted by Crippen LogP contribution is -2.15. The molecule has 8 atom stereocenters. The summed E-state index contributed by atoms with van der Waals surface area (Å²) in [6.07, 6.45) is 30.2. The van der Waals surface area contributed by atoms with Gasteiger partial charge in [0.05, 0.1) is 72.2 Å². The van der Waals surface area contributed by atoms with Crippen molar-refractivity contribution in [3.63, 3.8) is 0 Å². The van der Waals surface area contributed by atoms with Crippen molar-refractivity contribution in [2.24, 2.45) is 51.9 Å². The molecule has 4 amide bonds. The molecule has 0 bridgehead atoms. The van der Waals surface area contributed by atoms with E-state index in [2.05, 4.69) is 120 Å². The number of pyridine rings is 10. The molecule has 704 valence electrons. The highest BCUT2D eigenvalue weighted by molar-refractivity contribution is 6.04. The van der Waals surface area contributed by atoms with E-state index in [4.69, 9.17) is 42.4 Å². The smallest absolute Gasteiger partial charge is 0.229 e. The number of anilines is 8. The highest BCUT2D eigenvalue weighted by atomic mass is 16.5. The van der Waals surface area contributed by atoms with E-state index in [1.165, 1.54) is 11.1 Å². The first-order chi connectivity index (χ1) is 67.8. The molecule has 140 heavy (non-hydrogen) atoms. The number of amides is 4. The first kappa shape index (κ1) is 92.3. The van der Waals surface area contributed by atoms with E-state index in [9.17, 15) is 19.2 Å². The Morgan fingerprint density at radius 1 is 0.336 bits per heavy atom. The molecular formula is C108H106N26O6. The first-order valence-corrected chi connectivity index (χ1v) is 46.4. The summed E-state index contributed by atoms with van der Waals surface area (Å²) in [5, 5.41) is 35.2. The van der Waals surface area contributed by atoms with Crippen LogP contribution >= 0.6 is 0 Å². The molecular weight excluding hydrogens is 1760 g/mol. The van der Waals surface area contributed by atoms with E-state index < -0.39 is 0 Å². The van der Waals surface area contributed by atoms with Gasteiger partial charge in [-0.1, -0.05) is 97.1 Å². The van der Waals surface area contributed by atoms with Gasteiger partial charge in [-0.05, 0) is 226 Å². The number of nitrogens with two attached hydrogens (primary N) is 4. The number of aryl methyl sites for hydroxylation is 8. The molecule has 32 heteroatoms.